The number of nitrogens with zero attached hydrogens (tertiary/aromatic N) is 3. The summed E-state index contributed by atoms with van der Waals surface area (Å²) in [4.78, 5) is 42.7. The highest BCUT2D eigenvalue weighted by Crippen LogP contribution is 2.44. The van der Waals surface area contributed by atoms with Gasteiger partial charge < -0.3 is 15.6 Å². The third kappa shape index (κ3) is 3.21. The Kier molecular flexibility index (Phi) is 4.69. The summed E-state index contributed by atoms with van der Waals surface area (Å²) in [5.41, 5.74) is 8.83. The Labute approximate surface area is 185 Å². The van der Waals surface area contributed by atoms with Crippen molar-refractivity contribution in [1.82, 2.24) is 19.7 Å². The average molecular weight is 434 g/mol. The molecule has 32 heavy (non-hydrogen) atoms. The van der Waals surface area contributed by atoms with Gasteiger partial charge in [0, 0.05) is 53.8 Å². The van der Waals surface area contributed by atoms with Crippen molar-refractivity contribution in [2.75, 3.05) is 13.1 Å². The number of fused-ring (bicyclic) bond motifs is 2. The molecule has 0 atom stereocenters. The van der Waals surface area contributed by atoms with Crippen LogP contribution in [0, 0.1) is 5.41 Å². The summed E-state index contributed by atoms with van der Waals surface area (Å²) in [7, 11) is 0. The number of hydrogen-bond donors (Lipinski definition) is 2. The first-order chi connectivity index (χ1) is 15.3. The fourth-order valence-corrected chi connectivity index (χ4v) is 5.29. The van der Waals surface area contributed by atoms with E-state index >= 15 is 0 Å². The van der Waals surface area contributed by atoms with Crippen LogP contribution in [0.2, 0.25) is 0 Å². The van der Waals surface area contributed by atoms with Crippen LogP contribution >= 0.6 is 0 Å². The van der Waals surface area contributed by atoms with E-state index in [1.807, 2.05) is 29.6 Å². The van der Waals surface area contributed by atoms with E-state index in [1.54, 1.807) is 24.4 Å². The number of carbonyl (C=O) groups is 3. The zero-order valence-corrected chi connectivity index (χ0v) is 18.4. The van der Waals surface area contributed by atoms with E-state index in [1.165, 1.54) is 0 Å². The maximum absolute atomic E-state index is 13.2. The molecule has 0 bridgehead atoms. The average Bonchev–Trinajstić information content (AvgIpc) is 3.37. The molecular weight excluding hydrogens is 406 g/mol. The topological polar surface area (TPSA) is 114 Å². The highest BCUT2D eigenvalue weighted by molar-refractivity contribution is 6.08. The number of hydrogen-bond acceptors (Lipinski definition) is 4. The van der Waals surface area contributed by atoms with Crippen LogP contribution in [-0.2, 0) is 6.42 Å². The van der Waals surface area contributed by atoms with Gasteiger partial charge in [-0.3, -0.25) is 19.1 Å². The Hall–Kier alpha value is -3.42. The molecular formula is C24H27N5O3. The highest BCUT2D eigenvalue weighted by Gasteiger charge is 2.43. The molecule has 1 aromatic carbocycles. The molecule has 5 rings (SSSR count). The summed E-state index contributed by atoms with van der Waals surface area (Å²) in [6.45, 7) is 5.28. The first-order valence-electron chi connectivity index (χ1n) is 11.1. The Bertz CT molecular complexity index is 1240. The van der Waals surface area contributed by atoms with Crippen LogP contribution in [0.5, 0.6) is 0 Å². The van der Waals surface area contributed by atoms with Gasteiger partial charge >= 0.3 is 0 Å². The highest BCUT2D eigenvalue weighted by atomic mass is 16.2. The number of rotatable bonds is 3. The van der Waals surface area contributed by atoms with Crippen molar-refractivity contribution in [2.45, 2.75) is 45.6 Å². The lowest BCUT2D eigenvalue weighted by molar-refractivity contribution is 0.0517. The summed E-state index contributed by atoms with van der Waals surface area (Å²) in [5, 5.41) is 5.10. The van der Waals surface area contributed by atoms with Crippen LogP contribution in [0.3, 0.4) is 0 Å². The van der Waals surface area contributed by atoms with Crippen LogP contribution in [0.4, 0.5) is 0 Å². The molecule has 0 radical (unpaired) electrons. The molecule has 2 aliphatic rings. The monoisotopic (exact) mass is 433 g/mol. The Morgan fingerprint density at radius 1 is 1.19 bits per heavy atom. The number of benzene rings is 1. The van der Waals surface area contributed by atoms with Gasteiger partial charge in [0.2, 0.25) is 0 Å². The molecule has 2 aromatic heterocycles. The molecule has 1 saturated heterocycles. The lowest BCUT2D eigenvalue weighted by atomic mass is 9.67. The van der Waals surface area contributed by atoms with Crippen molar-refractivity contribution in [3.05, 3.63) is 53.0 Å². The predicted octanol–water partition coefficient (Wildman–Crippen LogP) is 3.10. The molecule has 3 aromatic rings. The van der Waals surface area contributed by atoms with Crippen molar-refractivity contribution in [3.8, 4) is 0 Å². The molecule has 0 unspecified atom stereocenters. The van der Waals surface area contributed by atoms with Gasteiger partial charge in [0.1, 0.15) is 5.69 Å². The third-order valence-corrected chi connectivity index (χ3v) is 7.03. The van der Waals surface area contributed by atoms with Crippen LogP contribution < -0.4 is 5.73 Å². The Morgan fingerprint density at radius 2 is 1.94 bits per heavy atom. The van der Waals surface area contributed by atoms with Crippen LogP contribution in [0.15, 0.2) is 30.6 Å². The SMILES string of the molecule is CC(C)n1ncc2c1C(=O)CC1(CCN(C(=O)c3ccc4[nH]cc(C(N)=O)c4c3)CC1)C2. The second-order valence-corrected chi connectivity index (χ2v) is 9.45. The second kappa shape index (κ2) is 7.32. The number of H-pyrrole nitrogens is 1. The minimum absolute atomic E-state index is 0.0613. The number of ketones is 1. The fourth-order valence-electron chi connectivity index (χ4n) is 5.29. The van der Waals surface area contributed by atoms with Crippen molar-refractivity contribution in [1.29, 1.82) is 0 Å². The van der Waals surface area contributed by atoms with E-state index in [9.17, 15) is 14.4 Å². The number of primary amides is 1. The van der Waals surface area contributed by atoms with Crippen LogP contribution in [0.1, 0.15) is 75.9 Å². The maximum Gasteiger partial charge on any atom is 0.253 e. The number of amides is 2. The summed E-state index contributed by atoms with van der Waals surface area (Å²) in [5.74, 6) is -0.425. The maximum atomic E-state index is 13.2. The fraction of sp³-hybridized carbons (Fsp3) is 0.417. The molecule has 2 amide bonds. The van der Waals surface area contributed by atoms with E-state index in [0.29, 0.717) is 36.0 Å². The van der Waals surface area contributed by atoms with Crippen LogP contribution in [-0.4, -0.2) is 50.4 Å². The minimum Gasteiger partial charge on any atom is -0.366 e. The third-order valence-electron chi connectivity index (χ3n) is 7.03. The van der Waals surface area contributed by atoms with Gasteiger partial charge in [-0.05, 0) is 56.7 Å². The number of carbonyl (C=O) groups excluding carboxylic acids is 3. The quantitative estimate of drug-likeness (QED) is 0.660. The molecule has 3 heterocycles. The second-order valence-electron chi connectivity index (χ2n) is 9.45. The summed E-state index contributed by atoms with van der Waals surface area (Å²) in [6.07, 6.45) is 6.33. The minimum atomic E-state index is -0.525. The van der Waals surface area contributed by atoms with Crippen molar-refractivity contribution >= 4 is 28.5 Å². The smallest absolute Gasteiger partial charge is 0.253 e. The molecule has 8 nitrogen and oxygen atoms in total. The van der Waals surface area contributed by atoms with Gasteiger partial charge in [0.25, 0.3) is 11.8 Å². The van der Waals surface area contributed by atoms with Gasteiger partial charge in [0.15, 0.2) is 5.78 Å². The van der Waals surface area contributed by atoms with E-state index in [2.05, 4.69) is 10.1 Å². The lowest BCUT2D eigenvalue weighted by Gasteiger charge is -2.43. The van der Waals surface area contributed by atoms with Crippen molar-refractivity contribution in [3.63, 3.8) is 0 Å². The number of nitrogens with one attached hydrogen (secondary N) is 1. The number of aromatic nitrogens is 3. The number of Topliss-reactive ketones (excluding diaryl/α,β-unsaturated/α-hetero) is 1. The van der Waals surface area contributed by atoms with Gasteiger partial charge in [-0.25, -0.2) is 0 Å². The summed E-state index contributed by atoms with van der Waals surface area (Å²) < 4.78 is 1.83. The van der Waals surface area contributed by atoms with Gasteiger partial charge in [-0.15, -0.1) is 0 Å². The van der Waals surface area contributed by atoms with E-state index in [4.69, 9.17) is 5.73 Å². The lowest BCUT2D eigenvalue weighted by Crippen LogP contribution is -2.46. The molecule has 1 spiro atoms. The van der Waals surface area contributed by atoms with Gasteiger partial charge in [-0.2, -0.15) is 5.10 Å². The summed E-state index contributed by atoms with van der Waals surface area (Å²) >= 11 is 0. The van der Waals surface area contributed by atoms with E-state index in [0.717, 1.165) is 36.0 Å². The first-order valence-corrected chi connectivity index (χ1v) is 11.1. The molecule has 1 aliphatic heterocycles. The van der Waals surface area contributed by atoms with Gasteiger partial charge in [-0.1, -0.05) is 0 Å². The van der Waals surface area contributed by atoms with E-state index < -0.39 is 5.91 Å². The summed E-state index contributed by atoms with van der Waals surface area (Å²) in [6, 6.07) is 5.46. The van der Waals surface area contributed by atoms with Crippen LogP contribution in [0.25, 0.3) is 10.9 Å². The number of likely N-dealkylation sites (tertiary alicyclic amines) is 1. The normalized spacial score (nSPS) is 17.8. The largest absolute Gasteiger partial charge is 0.366 e. The Balaban J connectivity index is 1.33. The number of aromatic amines is 1. The Morgan fingerprint density at radius 3 is 2.62 bits per heavy atom. The molecule has 0 saturated carbocycles. The van der Waals surface area contributed by atoms with Gasteiger partial charge in [0.05, 0.1) is 11.8 Å². The standard InChI is InChI=1S/C24H27N5O3/c1-14(2)29-21-16(12-27-29)10-24(11-20(21)30)5-7-28(8-6-24)23(32)15-3-4-19-17(9-15)18(13-26-19)22(25)31/h3-4,9,12-14,26H,5-8,10-11H2,1-2H3,(H2,25,31). The molecule has 8 heteroatoms. The zero-order valence-electron chi connectivity index (χ0n) is 18.4. The van der Waals surface area contributed by atoms with E-state index in [-0.39, 0.29) is 23.1 Å². The van der Waals surface area contributed by atoms with Crippen molar-refractivity contribution < 1.29 is 14.4 Å². The van der Waals surface area contributed by atoms with Crippen molar-refractivity contribution in [2.24, 2.45) is 11.1 Å². The number of piperidine rings is 1. The zero-order chi connectivity index (χ0) is 22.6. The predicted molar refractivity (Wildman–Crippen MR) is 120 cm³/mol. The molecule has 1 aliphatic carbocycles. The first kappa shape index (κ1) is 20.5. The molecule has 1 fully saturated rings. The number of nitrogens with two attached hydrogens (primary N) is 1. The molecule has 166 valence electrons. The molecule has 3 N–H and O–H groups in total.